The Morgan fingerprint density at radius 2 is 1.56 bits per heavy atom. The largest absolute Gasteiger partial charge is 0.462 e. The van der Waals surface area contributed by atoms with Crippen molar-refractivity contribution in [2.24, 2.45) is 0 Å². The summed E-state index contributed by atoms with van der Waals surface area (Å²) in [4.78, 5) is 10.4. The van der Waals surface area contributed by atoms with E-state index in [0.717, 1.165) is 5.56 Å². The fourth-order valence-corrected chi connectivity index (χ4v) is 0.914. The molecule has 18 heavy (non-hydrogen) atoms. The zero-order valence-electron chi connectivity index (χ0n) is 7.57. The molecule has 0 aliphatic carbocycles. The van der Waals surface area contributed by atoms with Crippen LogP contribution in [0.15, 0.2) is 36.4 Å². The molecule has 0 amide bonds. The first-order valence-corrected chi connectivity index (χ1v) is 4.14. The second kappa shape index (κ2) is 17.8. The summed E-state index contributed by atoms with van der Waals surface area (Å²) in [5.74, 6) is -0.252. The third kappa shape index (κ3) is 14.4. The molecule has 0 atom stereocenters. The molecule has 0 aliphatic rings. The van der Waals surface area contributed by atoms with E-state index in [2.05, 4.69) is 0 Å². The standard InChI is InChI=1S/C11H12O2.5CH4/c1-10(12)13-9-5-8-11-6-3-2-4-7-11;;;;;/h2-8H,9H2,1H3;5*1H4. The summed E-state index contributed by atoms with van der Waals surface area (Å²) in [6.07, 6.45) is 3.74. The average Bonchev–Trinajstić information content (AvgIpc) is 2.14. The van der Waals surface area contributed by atoms with E-state index in [1.807, 2.05) is 42.5 Å². The van der Waals surface area contributed by atoms with Crippen LogP contribution in [0.3, 0.4) is 0 Å². The highest BCUT2D eigenvalue weighted by Gasteiger charge is 1.87. The van der Waals surface area contributed by atoms with Crippen LogP contribution in [0.5, 0.6) is 0 Å². The Morgan fingerprint density at radius 1 is 1.06 bits per heavy atom. The highest BCUT2D eigenvalue weighted by Crippen LogP contribution is 2.00. The smallest absolute Gasteiger partial charge is 0.302 e. The number of hydrogen-bond acceptors (Lipinski definition) is 2. The Kier molecular flexibility index (Phi) is 29.6. The maximum absolute atomic E-state index is 10.4. The molecule has 0 aromatic heterocycles. The fourth-order valence-electron chi connectivity index (χ4n) is 0.914. The third-order valence-corrected chi connectivity index (χ3v) is 1.49. The number of esters is 1. The zero-order chi connectivity index (χ0) is 9.52. The Hall–Kier alpha value is -1.57. The SMILES string of the molecule is C.C.C.C.C.CC(=O)OCC=Cc1ccccc1. The van der Waals surface area contributed by atoms with Gasteiger partial charge in [0.1, 0.15) is 6.61 Å². The molecule has 0 aliphatic heterocycles. The number of ether oxygens (including phenoxy) is 1. The van der Waals surface area contributed by atoms with Crippen LogP contribution in [-0.2, 0) is 9.53 Å². The molecular weight excluding hydrogens is 224 g/mol. The molecule has 1 aromatic rings. The number of rotatable bonds is 3. The van der Waals surface area contributed by atoms with Gasteiger partial charge in [-0.2, -0.15) is 0 Å². The topological polar surface area (TPSA) is 26.3 Å². The lowest BCUT2D eigenvalue weighted by molar-refractivity contribution is -0.139. The molecule has 2 heteroatoms. The van der Waals surface area contributed by atoms with Gasteiger partial charge in [0.15, 0.2) is 0 Å². The molecule has 108 valence electrons. The summed E-state index contributed by atoms with van der Waals surface area (Å²) in [6.45, 7) is 1.74. The van der Waals surface area contributed by atoms with Crippen molar-refractivity contribution in [1.82, 2.24) is 0 Å². The molecule has 0 heterocycles. The van der Waals surface area contributed by atoms with Gasteiger partial charge in [0.25, 0.3) is 0 Å². The Bertz CT molecular complexity index is 289. The van der Waals surface area contributed by atoms with Crippen molar-refractivity contribution in [3.8, 4) is 0 Å². The Labute approximate surface area is 115 Å². The van der Waals surface area contributed by atoms with Crippen LogP contribution < -0.4 is 0 Å². The fraction of sp³-hybridized carbons (Fsp3) is 0.438. The van der Waals surface area contributed by atoms with Crippen molar-refractivity contribution < 1.29 is 9.53 Å². The lowest BCUT2D eigenvalue weighted by Gasteiger charge is -1.94. The van der Waals surface area contributed by atoms with Gasteiger partial charge in [0.05, 0.1) is 0 Å². The number of carbonyl (C=O) groups is 1. The van der Waals surface area contributed by atoms with Crippen LogP contribution in [0, 0.1) is 0 Å². The Morgan fingerprint density at radius 3 is 2.00 bits per heavy atom. The lowest BCUT2D eigenvalue weighted by atomic mass is 10.2. The first-order chi connectivity index (χ1) is 6.29. The molecule has 1 aromatic carbocycles. The van der Waals surface area contributed by atoms with E-state index in [4.69, 9.17) is 4.74 Å². The lowest BCUT2D eigenvalue weighted by Crippen LogP contribution is -1.97. The molecule has 0 saturated carbocycles. The second-order valence-corrected chi connectivity index (χ2v) is 2.62. The van der Waals surface area contributed by atoms with E-state index in [9.17, 15) is 4.79 Å². The van der Waals surface area contributed by atoms with E-state index in [1.165, 1.54) is 6.92 Å². The normalized spacial score (nSPS) is 7.39. The van der Waals surface area contributed by atoms with E-state index < -0.39 is 0 Å². The summed E-state index contributed by atoms with van der Waals surface area (Å²) < 4.78 is 4.74. The molecular formula is C16H32O2. The minimum atomic E-state index is -0.252. The monoisotopic (exact) mass is 256 g/mol. The van der Waals surface area contributed by atoms with Crippen LogP contribution in [0.1, 0.15) is 49.6 Å². The quantitative estimate of drug-likeness (QED) is 0.673. The molecule has 0 radical (unpaired) electrons. The molecule has 0 bridgehead atoms. The van der Waals surface area contributed by atoms with Crippen molar-refractivity contribution in [2.45, 2.75) is 44.1 Å². The first-order valence-electron chi connectivity index (χ1n) is 4.14. The van der Waals surface area contributed by atoms with Crippen molar-refractivity contribution in [3.05, 3.63) is 42.0 Å². The van der Waals surface area contributed by atoms with Gasteiger partial charge in [-0.3, -0.25) is 4.79 Å². The highest BCUT2D eigenvalue weighted by atomic mass is 16.5. The van der Waals surface area contributed by atoms with Gasteiger partial charge in [-0.05, 0) is 11.6 Å². The molecule has 0 unspecified atom stereocenters. The van der Waals surface area contributed by atoms with Gasteiger partial charge >= 0.3 is 5.97 Å². The minimum absolute atomic E-state index is 0. The average molecular weight is 256 g/mol. The van der Waals surface area contributed by atoms with Crippen LogP contribution in [-0.4, -0.2) is 12.6 Å². The van der Waals surface area contributed by atoms with E-state index in [1.54, 1.807) is 0 Å². The minimum Gasteiger partial charge on any atom is -0.462 e. The maximum atomic E-state index is 10.4. The molecule has 2 nitrogen and oxygen atoms in total. The summed E-state index contributed by atoms with van der Waals surface area (Å²) in [6, 6.07) is 9.87. The molecule has 0 N–H and O–H groups in total. The van der Waals surface area contributed by atoms with Crippen LogP contribution in [0.4, 0.5) is 0 Å². The van der Waals surface area contributed by atoms with Crippen LogP contribution in [0.25, 0.3) is 6.08 Å². The Balaban J connectivity index is -0.000000113. The van der Waals surface area contributed by atoms with E-state index in [-0.39, 0.29) is 43.1 Å². The predicted molar refractivity (Wildman–Crippen MR) is 85.8 cm³/mol. The van der Waals surface area contributed by atoms with Gasteiger partial charge in [0.2, 0.25) is 0 Å². The van der Waals surface area contributed by atoms with Gasteiger partial charge < -0.3 is 4.74 Å². The first kappa shape index (κ1) is 29.9. The van der Waals surface area contributed by atoms with Crippen molar-refractivity contribution in [2.75, 3.05) is 6.61 Å². The number of hydrogen-bond donors (Lipinski definition) is 0. The third-order valence-electron chi connectivity index (χ3n) is 1.49. The van der Waals surface area contributed by atoms with Crippen molar-refractivity contribution >= 4 is 12.0 Å². The predicted octanol–water partition coefficient (Wildman–Crippen LogP) is 5.44. The second-order valence-electron chi connectivity index (χ2n) is 2.62. The van der Waals surface area contributed by atoms with Crippen LogP contribution >= 0.6 is 0 Å². The van der Waals surface area contributed by atoms with Crippen molar-refractivity contribution in [1.29, 1.82) is 0 Å². The van der Waals surface area contributed by atoms with Gasteiger partial charge in [-0.15, -0.1) is 0 Å². The van der Waals surface area contributed by atoms with E-state index in [0.29, 0.717) is 6.61 Å². The van der Waals surface area contributed by atoms with Crippen LogP contribution in [0.2, 0.25) is 0 Å². The molecule has 0 fully saturated rings. The molecule has 0 saturated heterocycles. The molecule has 0 spiro atoms. The number of carbonyl (C=O) groups excluding carboxylic acids is 1. The van der Waals surface area contributed by atoms with Gasteiger partial charge in [0, 0.05) is 6.92 Å². The maximum Gasteiger partial charge on any atom is 0.302 e. The zero-order valence-corrected chi connectivity index (χ0v) is 7.57. The highest BCUT2D eigenvalue weighted by molar-refractivity contribution is 5.66. The number of benzene rings is 1. The van der Waals surface area contributed by atoms with Crippen molar-refractivity contribution in [3.63, 3.8) is 0 Å². The van der Waals surface area contributed by atoms with Gasteiger partial charge in [-0.1, -0.05) is 73.5 Å². The summed E-state index contributed by atoms with van der Waals surface area (Å²) in [7, 11) is 0. The summed E-state index contributed by atoms with van der Waals surface area (Å²) >= 11 is 0. The molecule has 1 rings (SSSR count). The van der Waals surface area contributed by atoms with Gasteiger partial charge in [-0.25, -0.2) is 0 Å². The summed E-state index contributed by atoms with van der Waals surface area (Å²) in [5.41, 5.74) is 1.11. The van der Waals surface area contributed by atoms with E-state index >= 15 is 0 Å². The summed E-state index contributed by atoms with van der Waals surface area (Å²) in [5, 5.41) is 0.